The zero-order valence-corrected chi connectivity index (χ0v) is 12.6. The number of nitrogens with one attached hydrogen (secondary N) is 1. The number of aromatic nitrogens is 3. The SMILES string of the molecule is Cl.O=C(Cn1cnc2ncccc2c1=O)[C@H]1NCCC[C@@H]1O. The second-order valence-electron chi connectivity index (χ2n) is 5.16. The van der Waals surface area contributed by atoms with E-state index in [1.54, 1.807) is 18.3 Å². The van der Waals surface area contributed by atoms with Gasteiger partial charge < -0.3 is 10.4 Å². The summed E-state index contributed by atoms with van der Waals surface area (Å²) in [6, 6.07) is 2.67. The number of fused-ring (bicyclic) bond motifs is 1. The molecule has 0 saturated carbocycles. The largest absolute Gasteiger partial charge is 0.391 e. The molecule has 118 valence electrons. The van der Waals surface area contributed by atoms with Crippen LogP contribution < -0.4 is 10.9 Å². The van der Waals surface area contributed by atoms with E-state index in [1.807, 2.05) is 0 Å². The monoisotopic (exact) mass is 324 g/mol. The normalized spacial score (nSPS) is 21.3. The van der Waals surface area contributed by atoms with E-state index in [2.05, 4.69) is 15.3 Å². The Balaban J connectivity index is 0.00000176. The van der Waals surface area contributed by atoms with Crippen LogP contribution in [0.15, 0.2) is 29.5 Å². The third-order valence-corrected chi connectivity index (χ3v) is 3.70. The van der Waals surface area contributed by atoms with Crippen molar-refractivity contribution >= 4 is 29.2 Å². The van der Waals surface area contributed by atoms with Crippen LogP contribution in [0, 0.1) is 0 Å². The highest BCUT2D eigenvalue weighted by Crippen LogP contribution is 2.10. The third-order valence-electron chi connectivity index (χ3n) is 3.70. The van der Waals surface area contributed by atoms with Crippen LogP contribution in [0.2, 0.25) is 0 Å². The molecule has 0 aliphatic carbocycles. The van der Waals surface area contributed by atoms with E-state index in [4.69, 9.17) is 0 Å². The van der Waals surface area contributed by atoms with Crippen molar-refractivity contribution in [3.05, 3.63) is 35.0 Å². The molecule has 2 atom stereocenters. The fourth-order valence-corrected chi connectivity index (χ4v) is 2.58. The van der Waals surface area contributed by atoms with Crippen molar-refractivity contribution in [1.82, 2.24) is 19.9 Å². The lowest BCUT2D eigenvalue weighted by molar-refractivity contribution is -0.125. The quantitative estimate of drug-likeness (QED) is 0.818. The smallest absolute Gasteiger partial charge is 0.263 e. The molecule has 3 rings (SSSR count). The molecule has 8 heteroatoms. The van der Waals surface area contributed by atoms with Gasteiger partial charge >= 0.3 is 0 Å². The van der Waals surface area contributed by atoms with E-state index in [1.165, 1.54) is 10.9 Å². The van der Waals surface area contributed by atoms with Gasteiger partial charge in [0.2, 0.25) is 0 Å². The summed E-state index contributed by atoms with van der Waals surface area (Å²) in [7, 11) is 0. The molecular formula is C14H17ClN4O3. The van der Waals surface area contributed by atoms with Gasteiger partial charge in [-0.2, -0.15) is 0 Å². The molecule has 0 amide bonds. The Morgan fingerprint density at radius 3 is 3.05 bits per heavy atom. The molecule has 1 saturated heterocycles. The van der Waals surface area contributed by atoms with Crippen LogP contribution >= 0.6 is 12.4 Å². The standard InChI is InChI=1S/C14H16N4O3.ClH/c19-10-4-2-5-15-12(10)11(20)7-18-8-17-13-9(14(18)21)3-1-6-16-13;/h1,3,6,8,10,12,15,19H,2,4-5,7H2;1H/t10-,12-;/m0./s1. The van der Waals surface area contributed by atoms with E-state index >= 15 is 0 Å². The molecule has 0 aromatic carbocycles. The number of hydrogen-bond donors (Lipinski definition) is 2. The Morgan fingerprint density at radius 1 is 1.45 bits per heavy atom. The number of aliphatic hydroxyl groups excluding tert-OH is 1. The second-order valence-corrected chi connectivity index (χ2v) is 5.16. The summed E-state index contributed by atoms with van der Waals surface area (Å²) in [5.41, 5.74) is 0.0637. The average molecular weight is 325 g/mol. The van der Waals surface area contributed by atoms with Gasteiger partial charge in [-0.05, 0) is 31.5 Å². The molecule has 1 aliphatic rings. The van der Waals surface area contributed by atoms with Crippen LogP contribution in [-0.2, 0) is 11.3 Å². The fraction of sp³-hybridized carbons (Fsp3) is 0.429. The van der Waals surface area contributed by atoms with Gasteiger partial charge in [-0.25, -0.2) is 9.97 Å². The number of carbonyl (C=O) groups excluding carboxylic acids is 1. The van der Waals surface area contributed by atoms with Crippen molar-refractivity contribution in [2.24, 2.45) is 0 Å². The van der Waals surface area contributed by atoms with E-state index in [9.17, 15) is 14.7 Å². The van der Waals surface area contributed by atoms with Gasteiger partial charge in [0.05, 0.1) is 24.1 Å². The number of piperidine rings is 1. The van der Waals surface area contributed by atoms with Gasteiger partial charge in [0.25, 0.3) is 5.56 Å². The lowest BCUT2D eigenvalue weighted by Crippen LogP contribution is -2.51. The first-order valence-electron chi connectivity index (χ1n) is 6.91. The maximum atomic E-state index is 12.3. The van der Waals surface area contributed by atoms with Gasteiger partial charge in [0.1, 0.15) is 6.33 Å². The predicted molar refractivity (Wildman–Crippen MR) is 83.1 cm³/mol. The molecule has 0 bridgehead atoms. The Bertz CT molecular complexity index is 733. The van der Waals surface area contributed by atoms with Crippen molar-refractivity contribution in [2.45, 2.75) is 31.5 Å². The predicted octanol–water partition coefficient (Wildman–Crippen LogP) is -0.105. The Kier molecular flexibility index (Phi) is 5.23. The summed E-state index contributed by atoms with van der Waals surface area (Å²) in [5.74, 6) is -0.214. The van der Waals surface area contributed by atoms with Gasteiger partial charge in [-0.3, -0.25) is 14.2 Å². The lowest BCUT2D eigenvalue weighted by Gasteiger charge is -2.27. The summed E-state index contributed by atoms with van der Waals surface area (Å²) >= 11 is 0. The minimum Gasteiger partial charge on any atom is -0.391 e. The number of Topliss-reactive ketones (excluding diaryl/α,β-unsaturated/α-hetero) is 1. The van der Waals surface area contributed by atoms with Crippen molar-refractivity contribution in [2.75, 3.05) is 6.54 Å². The zero-order chi connectivity index (χ0) is 14.8. The second kappa shape index (κ2) is 6.95. The van der Waals surface area contributed by atoms with Crippen LogP contribution in [0.3, 0.4) is 0 Å². The minimum absolute atomic E-state index is 0. The Labute approximate surface area is 132 Å². The van der Waals surface area contributed by atoms with Gasteiger partial charge in [0, 0.05) is 6.20 Å². The maximum absolute atomic E-state index is 12.3. The zero-order valence-electron chi connectivity index (χ0n) is 11.8. The number of hydrogen-bond acceptors (Lipinski definition) is 6. The topological polar surface area (TPSA) is 97.1 Å². The number of rotatable bonds is 3. The van der Waals surface area contributed by atoms with Crippen molar-refractivity contribution in [3.8, 4) is 0 Å². The first-order valence-corrected chi connectivity index (χ1v) is 6.91. The molecule has 2 N–H and O–H groups in total. The lowest BCUT2D eigenvalue weighted by atomic mass is 9.98. The fourth-order valence-electron chi connectivity index (χ4n) is 2.58. The molecule has 3 heterocycles. The summed E-state index contributed by atoms with van der Waals surface area (Å²) in [6.07, 6.45) is 3.63. The highest BCUT2D eigenvalue weighted by molar-refractivity contribution is 5.85. The van der Waals surface area contributed by atoms with Crippen LogP contribution in [0.5, 0.6) is 0 Å². The van der Waals surface area contributed by atoms with Crippen molar-refractivity contribution in [1.29, 1.82) is 0 Å². The highest BCUT2D eigenvalue weighted by Gasteiger charge is 2.29. The molecule has 2 aromatic heterocycles. The first kappa shape index (κ1) is 16.5. The molecular weight excluding hydrogens is 308 g/mol. The number of ketones is 1. The van der Waals surface area contributed by atoms with Crippen molar-refractivity contribution in [3.63, 3.8) is 0 Å². The van der Waals surface area contributed by atoms with Gasteiger partial charge in [-0.1, -0.05) is 0 Å². The van der Waals surface area contributed by atoms with Crippen LogP contribution in [0.25, 0.3) is 11.0 Å². The number of aliphatic hydroxyl groups is 1. The Hall–Kier alpha value is -1.83. The van der Waals surface area contributed by atoms with Gasteiger partial charge in [-0.15, -0.1) is 12.4 Å². The third kappa shape index (κ3) is 3.16. The maximum Gasteiger partial charge on any atom is 0.263 e. The van der Waals surface area contributed by atoms with Crippen LogP contribution in [0.1, 0.15) is 12.8 Å². The molecule has 0 radical (unpaired) electrons. The number of nitrogens with zero attached hydrogens (tertiary/aromatic N) is 3. The molecule has 1 aliphatic heterocycles. The van der Waals surface area contributed by atoms with Crippen LogP contribution in [-0.4, -0.2) is 44.1 Å². The van der Waals surface area contributed by atoms with Gasteiger partial charge in [0.15, 0.2) is 11.4 Å². The molecule has 22 heavy (non-hydrogen) atoms. The summed E-state index contributed by atoms with van der Waals surface area (Å²) in [5, 5.41) is 13.2. The number of pyridine rings is 1. The summed E-state index contributed by atoms with van der Waals surface area (Å²) in [4.78, 5) is 32.6. The first-order chi connectivity index (χ1) is 10.2. The van der Waals surface area contributed by atoms with Crippen molar-refractivity contribution < 1.29 is 9.90 Å². The molecule has 2 aromatic rings. The van der Waals surface area contributed by atoms with E-state index < -0.39 is 12.1 Å². The van der Waals surface area contributed by atoms with E-state index in [-0.39, 0.29) is 30.3 Å². The minimum atomic E-state index is -0.697. The van der Waals surface area contributed by atoms with E-state index in [0.29, 0.717) is 24.0 Å². The number of carbonyl (C=O) groups is 1. The van der Waals surface area contributed by atoms with Crippen LogP contribution in [0.4, 0.5) is 0 Å². The molecule has 7 nitrogen and oxygen atoms in total. The Morgan fingerprint density at radius 2 is 2.27 bits per heavy atom. The summed E-state index contributed by atoms with van der Waals surface area (Å²) in [6.45, 7) is 0.591. The average Bonchev–Trinajstić information content (AvgIpc) is 2.51. The van der Waals surface area contributed by atoms with E-state index in [0.717, 1.165) is 6.42 Å². The molecule has 0 spiro atoms. The number of halogens is 1. The highest BCUT2D eigenvalue weighted by atomic mass is 35.5. The molecule has 0 unspecified atom stereocenters. The summed E-state index contributed by atoms with van der Waals surface area (Å²) < 4.78 is 1.26. The molecule has 1 fully saturated rings.